The first kappa shape index (κ1) is 50.4. The average Bonchev–Trinajstić information content (AvgIpc) is 3.31. The van der Waals surface area contributed by atoms with Gasteiger partial charge in [0.2, 0.25) is 0 Å². The highest BCUT2D eigenvalue weighted by Gasteiger charge is 2.15. The van der Waals surface area contributed by atoms with Crippen LogP contribution in [0.15, 0.2) is 60.7 Å². The van der Waals surface area contributed by atoms with Gasteiger partial charge in [-0.25, -0.2) is 9.59 Å². The zero-order valence-corrected chi connectivity index (χ0v) is 36.5. The van der Waals surface area contributed by atoms with Crippen LogP contribution in [0.1, 0.15) is 31.8 Å². The molecule has 354 valence electrons. The SMILES string of the molecule is O=C(OCc1ccc2c(c1)OCCOCCOCCOCCOCCOCCO2)c1ccc(C(=O)OCc2ccc3c(c2)OCCOCCOCCOCCOCCOCCO3)cc1. The molecule has 3 aromatic carbocycles. The highest BCUT2D eigenvalue weighted by atomic mass is 16.6. The van der Waals surface area contributed by atoms with E-state index in [0.29, 0.717) is 179 Å². The van der Waals surface area contributed by atoms with E-state index in [4.69, 9.17) is 75.8 Å². The second kappa shape index (κ2) is 32.1. The molecule has 0 saturated carbocycles. The van der Waals surface area contributed by atoms with Gasteiger partial charge in [0.05, 0.1) is 143 Å². The summed E-state index contributed by atoms with van der Waals surface area (Å²) >= 11 is 0. The Morgan fingerprint density at radius 3 is 0.812 bits per heavy atom. The van der Waals surface area contributed by atoms with E-state index in [-0.39, 0.29) is 37.6 Å². The summed E-state index contributed by atoms with van der Waals surface area (Å²) in [5.74, 6) is 0.828. The second-order valence-corrected chi connectivity index (χ2v) is 13.8. The maximum absolute atomic E-state index is 13.0. The van der Waals surface area contributed by atoms with Gasteiger partial charge in [0, 0.05) is 0 Å². The third-order valence-corrected chi connectivity index (χ3v) is 9.03. The molecule has 64 heavy (non-hydrogen) atoms. The van der Waals surface area contributed by atoms with Gasteiger partial charge in [0.15, 0.2) is 23.0 Å². The molecule has 5 rings (SSSR count). The fraction of sp³-hybridized carbons (Fsp3) is 0.565. The maximum Gasteiger partial charge on any atom is 0.338 e. The van der Waals surface area contributed by atoms with Crippen molar-refractivity contribution in [2.45, 2.75) is 13.2 Å². The van der Waals surface area contributed by atoms with Crippen molar-refractivity contribution >= 4 is 11.9 Å². The molecule has 2 aliphatic rings. The summed E-state index contributed by atoms with van der Waals surface area (Å²) in [5, 5.41) is 0. The molecule has 0 aromatic heterocycles. The third-order valence-electron chi connectivity index (χ3n) is 9.03. The van der Waals surface area contributed by atoms with Crippen molar-refractivity contribution < 1.29 is 85.4 Å². The van der Waals surface area contributed by atoms with Crippen LogP contribution in [-0.4, -0.2) is 171 Å². The van der Waals surface area contributed by atoms with Gasteiger partial charge >= 0.3 is 11.9 Å². The van der Waals surface area contributed by atoms with E-state index < -0.39 is 11.9 Å². The van der Waals surface area contributed by atoms with Crippen LogP contribution in [0.4, 0.5) is 0 Å². The quantitative estimate of drug-likeness (QED) is 0.322. The van der Waals surface area contributed by atoms with Crippen LogP contribution in [-0.2, 0) is 70.1 Å². The standard InChI is InChI=1S/C46H62O18/c47-45(63-35-37-1-7-41-43(33-37)61-31-27-57-23-19-53-15-11-49-9-13-51-17-21-55-25-29-59-41)39-3-5-40(6-4-39)46(48)64-36-38-2-8-42-44(34-38)62-32-28-58-24-20-54-16-12-50-10-14-52-18-22-56-26-30-60-42/h1-8,33-34H,9-32,35-36H2. The molecule has 3 aromatic rings. The lowest BCUT2D eigenvalue weighted by atomic mass is 10.1. The van der Waals surface area contributed by atoms with E-state index in [1.54, 1.807) is 36.4 Å². The number of esters is 2. The molecule has 0 saturated heterocycles. The molecule has 0 spiro atoms. The van der Waals surface area contributed by atoms with Crippen LogP contribution in [0.3, 0.4) is 0 Å². The van der Waals surface area contributed by atoms with Crippen LogP contribution in [0.25, 0.3) is 0 Å². The largest absolute Gasteiger partial charge is 0.487 e. The Kier molecular flexibility index (Phi) is 25.3. The van der Waals surface area contributed by atoms with E-state index in [2.05, 4.69) is 0 Å². The minimum Gasteiger partial charge on any atom is -0.487 e. The van der Waals surface area contributed by atoms with Gasteiger partial charge in [0.25, 0.3) is 0 Å². The first-order valence-corrected chi connectivity index (χ1v) is 21.6. The third kappa shape index (κ3) is 20.9. The van der Waals surface area contributed by atoms with Crippen molar-refractivity contribution in [3.05, 3.63) is 82.9 Å². The first-order chi connectivity index (χ1) is 31.7. The van der Waals surface area contributed by atoms with Gasteiger partial charge < -0.3 is 75.8 Å². The van der Waals surface area contributed by atoms with Crippen molar-refractivity contribution in [1.82, 2.24) is 0 Å². The predicted molar refractivity (Wildman–Crippen MR) is 228 cm³/mol. The van der Waals surface area contributed by atoms with Crippen molar-refractivity contribution in [3.8, 4) is 23.0 Å². The van der Waals surface area contributed by atoms with Gasteiger partial charge in [-0.05, 0) is 59.7 Å². The highest BCUT2D eigenvalue weighted by molar-refractivity contribution is 5.93. The van der Waals surface area contributed by atoms with Crippen LogP contribution in [0.2, 0.25) is 0 Å². The smallest absolute Gasteiger partial charge is 0.338 e. The molecule has 2 heterocycles. The lowest BCUT2D eigenvalue weighted by Gasteiger charge is -2.15. The van der Waals surface area contributed by atoms with E-state index in [0.717, 1.165) is 0 Å². The number of rotatable bonds is 6. The number of ether oxygens (including phenoxy) is 16. The lowest BCUT2D eigenvalue weighted by Crippen LogP contribution is -2.14. The van der Waals surface area contributed by atoms with Crippen LogP contribution < -0.4 is 18.9 Å². The number of hydrogen-bond donors (Lipinski definition) is 0. The Bertz CT molecular complexity index is 1600. The summed E-state index contributed by atoms with van der Waals surface area (Å²) < 4.78 is 90.6. The van der Waals surface area contributed by atoms with Crippen LogP contribution in [0.5, 0.6) is 23.0 Å². The summed E-state index contributed by atoms with van der Waals surface area (Å²) in [6.07, 6.45) is 0. The minimum atomic E-state index is -0.568. The van der Waals surface area contributed by atoms with E-state index in [9.17, 15) is 9.59 Å². The van der Waals surface area contributed by atoms with Gasteiger partial charge in [-0.1, -0.05) is 12.1 Å². The molecule has 0 radical (unpaired) electrons. The van der Waals surface area contributed by atoms with Crippen molar-refractivity contribution in [3.63, 3.8) is 0 Å². The molecule has 18 nitrogen and oxygen atoms in total. The summed E-state index contributed by atoms with van der Waals surface area (Å²) in [7, 11) is 0. The average molecular weight is 903 g/mol. The van der Waals surface area contributed by atoms with Crippen molar-refractivity contribution in [2.24, 2.45) is 0 Å². The zero-order valence-electron chi connectivity index (χ0n) is 36.5. The number of hydrogen-bond acceptors (Lipinski definition) is 18. The van der Waals surface area contributed by atoms with Gasteiger partial charge in [0.1, 0.15) is 39.6 Å². The molecule has 0 fully saturated rings. The molecule has 0 aliphatic carbocycles. The summed E-state index contributed by atoms with van der Waals surface area (Å²) in [6, 6.07) is 16.7. The summed E-state index contributed by atoms with van der Waals surface area (Å²) in [6.45, 7) is 9.67. The van der Waals surface area contributed by atoms with Crippen LogP contribution >= 0.6 is 0 Å². The van der Waals surface area contributed by atoms with E-state index in [1.807, 2.05) is 0 Å². The second-order valence-electron chi connectivity index (χ2n) is 13.8. The monoisotopic (exact) mass is 902 g/mol. The Morgan fingerprint density at radius 2 is 0.547 bits per heavy atom. The molecule has 0 N–H and O–H groups in total. The molecule has 18 heteroatoms. The first-order valence-electron chi connectivity index (χ1n) is 21.6. The minimum absolute atomic E-state index is 0.0309. The number of fused-ring (bicyclic) bond motifs is 2. The molecular weight excluding hydrogens is 840 g/mol. The van der Waals surface area contributed by atoms with Gasteiger partial charge in [-0.3, -0.25) is 0 Å². The molecular formula is C46H62O18. The molecule has 0 bridgehead atoms. The topological polar surface area (TPSA) is 182 Å². The molecule has 0 amide bonds. The van der Waals surface area contributed by atoms with Gasteiger partial charge in [-0.2, -0.15) is 0 Å². The fourth-order valence-corrected chi connectivity index (χ4v) is 5.76. The van der Waals surface area contributed by atoms with Gasteiger partial charge in [-0.15, -0.1) is 0 Å². The highest BCUT2D eigenvalue weighted by Crippen LogP contribution is 2.30. The number of carbonyl (C=O) groups is 2. The lowest BCUT2D eigenvalue weighted by molar-refractivity contribution is -0.0134. The summed E-state index contributed by atoms with van der Waals surface area (Å²) in [4.78, 5) is 26.1. The summed E-state index contributed by atoms with van der Waals surface area (Å²) in [5.41, 5.74) is 1.89. The van der Waals surface area contributed by atoms with Crippen LogP contribution in [0, 0.1) is 0 Å². The maximum atomic E-state index is 13.0. The van der Waals surface area contributed by atoms with E-state index in [1.165, 1.54) is 24.3 Å². The van der Waals surface area contributed by atoms with Crippen molar-refractivity contribution in [1.29, 1.82) is 0 Å². The fourth-order valence-electron chi connectivity index (χ4n) is 5.76. The Balaban J connectivity index is 1.08. The number of carbonyl (C=O) groups excluding carboxylic acids is 2. The zero-order chi connectivity index (χ0) is 44.5. The van der Waals surface area contributed by atoms with E-state index >= 15 is 0 Å². The number of benzene rings is 3. The Hall–Kier alpha value is -4.60. The Morgan fingerprint density at radius 1 is 0.312 bits per heavy atom. The Labute approximate surface area is 374 Å². The van der Waals surface area contributed by atoms with Crippen molar-refractivity contribution in [2.75, 3.05) is 159 Å². The molecule has 2 aliphatic heterocycles. The molecule has 0 unspecified atom stereocenters. The molecule has 0 atom stereocenters. The normalized spacial score (nSPS) is 18.5. The predicted octanol–water partition coefficient (Wildman–Crippen LogP) is 4.11.